The lowest BCUT2D eigenvalue weighted by molar-refractivity contribution is -0.150. The highest BCUT2D eigenvalue weighted by Gasteiger charge is 2.59. The van der Waals surface area contributed by atoms with Gasteiger partial charge in [-0.3, -0.25) is 9.69 Å². The highest BCUT2D eigenvalue weighted by Crippen LogP contribution is 2.45. The molecule has 0 aromatic heterocycles. The van der Waals surface area contributed by atoms with Crippen molar-refractivity contribution in [2.24, 2.45) is 0 Å². The van der Waals surface area contributed by atoms with E-state index in [1.54, 1.807) is 16.7 Å². The summed E-state index contributed by atoms with van der Waals surface area (Å²) < 4.78 is 9.10. The molecule has 1 amide bonds. The number of carbonyl (C=O) groups excluding carboxylic acids is 2. The summed E-state index contributed by atoms with van der Waals surface area (Å²) in [5.74, 6) is 0.585. The molecular formula is C17H33IN2O3SSi3. The third-order valence-corrected chi connectivity index (χ3v) is 15.0. The Balaban J connectivity index is 2.40. The minimum absolute atomic E-state index is 0.0341. The normalized spacial score (nSPS) is 24.1. The van der Waals surface area contributed by atoms with E-state index in [9.17, 15) is 9.59 Å². The lowest BCUT2D eigenvalue weighted by Crippen LogP contribution is -2.78. The summed E-state index contributed by atoms with van der Waals surface area (Å²) in [6, 6.07) is -0.0984. The average Bonchev–Trinajstić information content (AvgIpc) is 2.46. The van der Waals surface area contributed by atoms with Gasteiger partial charge in [-0.1, -0.05) is 61.9 Å². The van der Waals surface area contributed by atoms with Gasteiger partial charge in [0.1, 0.15) is 33.6 Å². The number of nitrogens with zero attached hydrogens (tertiary/aromatic N) is 2. The molecule has 154 valence electrons. The Hall–Kier alpha value is 0.371. The fourth-order valence-electron chi connectivity index (χ4n) is 4.03. The number of fused-ring (bicyclic) bond motifs is 1. The fourth-order valence-corrected chi connectivity index (χ4v) is 17.5. The van der Waals surface area contributed by atoms with Gasteiger partial charge in [0.25, 0.3) is 0 Å². The zero-order chi connectivity index (χ0) is 20.9. The maximum atomic E-state index is 13.4. The average molecular weight is 557 g/mol. The molecule has 0 saturated carbocycles. The van der Waals surface area contributed by atoms with Crippen molar-refractivity contribution in [1.29, 1.82) is 0 Å². The van der Waals surface area contributed by atoms with Crippen molar-refractivity contribution in [3.05, 3.63) is 11.3 Å². The van der Waals surface area contributed by atoms with Gasteiger partial charge in [-0.2, -0.15) is 0 Å². The number of carbonyl (C=O) groups is 2. The van der Waals surface area contributed by atoms with Crippen molar-refractivity contribution in [3.63, 3.8) is 0 Å². The van der Waals surface area contributed by atoms with Crippen LogP contribution in [0.5, 0.6) is 0 Å². The van der Waals surface area contributed by atoms with Crippen LogP contribution in [-0.2, 0) is 14.0 Å². The summed E-state index contributed by atoms with van der Waals surface area (Å²) in [5.41, 5.74) is 1.56. The number of alkyl halides is 1. The zero-order valence-corrected chi connectivity index (χ0v) is 23.9. The van der Waals surface area contributed by atoms with Gasteiger partial charge < -0.3 is 8.66 Å². The molecule has 2 aliphatic rings. The second kappa shape index (κ2) is 7.89. The molecule has 0 aromatic rings. The minimum Gasteiger partial charge on any atom is -0.515 e. The Morgan fingerprint density at radius 3 is 2.07 bits per heavy atom. The molecule has 27 heavy (non-hydrogen) atoms. The molecule has 10 heteroatoms. The molecule has 0 radical (unpaired) electrons. The predicted octanol–water partition coefficient (Wildman–Crippen LogP) is 4.31. The lowest BCUT2D eigenvalue weighted by atomic mass is 10.0. The first-order valence-electron chi connectivity index (χ1n) is 9.35. The van der Waals surface area contributed by atoms with Crippen LogP contribution in [0.1, 0.15) is 0 Å². The van der Waals surface area contributed by atoms with Crippen LogP contribution in [0.25, 0.3) is 0 Å². The second-order valence-corrected chi connectivity index (χ2v) is 26.5. The van der Waals surface area contributed by atoms with Crippen LogP contribution >= 0.6 is 34.4 Å². The quantitative estimate of drug-likeness (QED) is 0.211. The van der Waals surface area contributed by atoms with Crippen molar-refractivity contribution >= 4 is 71.0 Å². The van der Waals surface area contributed by atoms with E-state index in [4.69, 9.17) is 4.43 Å². The summed E-state index contributed by atoms with van der Waals surface area (Å²) in [5, 5.41) is 0.0341. The number of amides is 1. The Labute approximate surface area is 185 Å². The molecule has 2 heterocycles. The van der Waals surface area contributed by atoms with Gasteiger partial charge in [0.15, 0.2) is 0 Å². The smallest absolute Gasteiger partial charge is 0.341 e. The van der Waals surface area contributed by atoms with Gasteiger partial charge in [0, 0.05) is 10.2 Å². The molecular weight excluding hydrogens is 523 g/mol. The highest BCUT2D eigenvalue weighted by atomic mass is 127. The number of rotatable bonds is 6. The number of thioether (sulfide) groups is 1. The van der Waals surface area contributed by atoms with Crippen molar-refractivity contribution in [2.45, 2.75) is 70.3 Å². The van der Waals surface area contributed by atoms with Crippen molar-refractivity contribution < 1.29 is 14.0 Å². The fraction of sp³-hybridized carbons (Fsp3) is 0.765. The molecule has 5 nitrogen and oxygen atoms in total. The number of hydrogen-bond donors (Lipinski definition) is 0. The van der Waals surface area contributed by atoms with E-state index in [2.05, 4.69) is 66.1 Å². The van der Waals surface area contributed by atoms with Crippen LogP contribution in [0, 0.1) is 0 Å². The van der Waals surface area contributed by atoms with Crippen LogP contribution in [0.4, 0.5) is 0 Å². The number of hydrogen-bond acceptors (Lipinski definition) is 5. The molecule has 2 rings (SSSR count). The first kappa shape index (κ1) is 23.6. The second-order valence-electron chi connectivity index (χ2n) is 10.2. The molecule has 0 unspecified atom stereocenters. The van der Waals surface area contributed by atoms with E-state index in [0.29, 0.717) is 5.70 Å². The zero-order valence-electron chi connectivity index (χ0n) is 18.0. The predicted molar refractivity (Wildman–Crippen MR) is 131 cm³/mol. The third-order valence-electron chi connectivity index (χ3n) is 4.50. The van der Waals surface area contributed by atoms with E-state index >= 15 is 0 Å². The molecule has 2 aliphatic heterocycles. The molecule has 0 aromatic carbocycles. The van der Waals surface area contributed by atoms with Gasteiger partial charge in [0.2, 0.25) is 14.2 Å². The van der Waals surface area contributed by atoms with E-state index in [0.717, 1.165) is 15.8 Å². The molecule has 0 bridgehead atoms. The Morgan fingerprint density at radius 2 is 1.67 bits per heavy atom. The van der Waals surface area contributed by atoms with E-state index in [1.165, 1.54) is 0 Å². The Kier molecular flexibility index (Phi) is 6.91. The van der Waals surface area contributed by atoms with Crippen molar-refractivity contribution in [3.8, 4) is 0 Å². The standard InChI is InChI=1S/C17H33IN2O3SSi3/c1-25(2,3)20(26(4,5)6)14-15(21)19-13(17(22)23-27(7,8)9)12(10-18)11-24-16(14)19/h14,16H,10-11H2,1-9H3/t14-,16-/m1/s1. The lowest BCUT2D eigenvalue weighted by Gasteiger charge is -2.59. The van der Waals surface area contributed by atoms with Crippen molar-refractivity contribution in [1.82, 2.24) is 9.13 Å². The Morgan fingerprint density at radius 1 is 1.15 bits per heavy atom. The largest absolute Gasteiger partial charge is 0.515 e. The molecule has 0 N–H and O–H groups in total. The monoisotopic (exact) mass is 556 g/mol. The first-order valence-corrected chi connectivity index (χ1v) is 22.2. The molecule has 1 fully saturated rings. The SMILES string of the molecule is C[Si](C)(C)OC(=O)C1=C(CI)CS[C@@H]2[C@H](N([Si](C)(C)C)[Si](C)(C)C)C(=O)N12. The van der Waals surface area contributed by atoms with E-state index in [-0.39, 0.29) is 23.3 Å². The summed E-state index contributed by atoms with van der Waals surface area (Å²) in [6.07, 6.45) is 0. The summed E-state index contributed by atoms with van der Waals surface area (Å²) >= 11 is 4.09. The summed E-state index contributed by atoms with van der Waals surface area (Å²) in [4.78, 5) is 28.0. The molecule has 0 aliphatic carbocycles. The van der Waals surface area contributed by atoms with Crippen LogP contribution in [0.15, 0.2) is 11.3 Å². The van der Waals surface area contributed by atoms with Crippen LogP contribution in [0.2, 0.25) is 58.9 Å². The molecule has 1 saturated heterocycles. The van der Waals surface area contributed by atoms with Crippen molar-refractivity contribution in [2.75, 3.05) is 10.2 Å². The van der Waals surface area contributed by atoms with Gasteiger partial charge in [0.05, 0.1) is 0 Å². The molecule has 0 spiro atoms. The van der Waals surface area contributed by atoms with Crippen LogP contribution in [0.3, 0.4) is 0 Å². The first-order chi connectivity index (χ1) is 12.1. The van der Waals surface area contributed by atoms with Crippen LogP contribution < -0.4 is 0 Å². The minimum atomic E-state index is -2.02. The highest BCUT2D eigenvalue weighted by molar-refractivity contribution is 14.1. The van der Waals surface area contributed by atoms with Gasteiger partial charge in [-0.05, 0) is 25.2 Å². The maximum Gasteiger partial charge on any atom is 0.341 e. The third kappa shape index (κ3) is 4.93. The Bertz CT molecular complexity index is 654. The van der Waals surface area contributed by atoms with Gasteiger partial charge in [-0.15, -0.1) is 11.8 Å². The number of β-lactam (4-membered cyclic amide) rings is 1. The maximum absolute atomic E-state index is 13.4. The number of halogens is 1. The van der Waals surface area contributed by atoms with Gasteiger partial charge >= 0.3 is 5.97 Å². The summed E-state index contributed by atoms with van der Waals surface area (Å²) in [7, 11) is -5.38. The topological polar surface area (TPSA) is 49.9 Å². The molecule has 2 atom stereocenters. The van der Waals surface area contributed by atoms with E-state index < -0.39 is 24.8 Å². The van der Waals surface area contributed by atoms with Crippen LogP contribution in [-0.4, -0.2) is 67.4 Å². The van der Waals surface area contributed by atoms with Gasteiger partial charge in [-0.25, -0.2) is 4.79 Å². The van der Waals surface area contributed by atoms with E-state index in [1.807, 2.05) is 19.6 Å². The summed E-state index contributed by atoms with van der Waals surface area (Å²) in [6.45, 7) is 19.9.